The Morgan fingerprint density at radius 3 is 2.61 bits per heavy atom. The first kappa shape index (κ1) is 20.3. The lowest BCUT2D eigenvalue weighted by Gasteiger charge is -2.14. The van der Waals surface area contributed by atoms with E-state index in [1.165, 1.54) is 22.2 Å². The fraction of sp³-hybridized carbons (Fsp3) is 0.263. The summed E-state index contributed by atoms with van der Waals surface area (Å²) in [7, 11) is -3.91. The topological polar surface area (TPSA) is 87.5 Å². The number of halogens is 1. The molecule has 0 saturated carbocycles. The van der Waals surface area contributed by atoms with E-state index in [4.69, 9.17) is 21.1 Å². The van der Waals surface area contributed by atoms with Crippen LogP contribution in [-0.2, 0) is 30.9 Å². The number of nitrogens with zero attached hydrogens (tertiary/aromatic N) is 2. The lowest BCUT2D eigenvalue weighted by atomic mass is 10.3. The third-order valence-corrected chi connectivity index (χ3v) is 6.02. The zero-order valence-electron chi connectivity index (χ0n) is 15.3. The second-order valence-corrected chi connectivity index (χ2v) is 8.14. The summed E-state index contributed by atoms with van der Waals surface area (Å²) in [5.74, 6) is -0.516. The molecular formula is C19H19ClN2O5S. The lowest BCUT2D eigenvalue weighted by molar-refractivity contribution is -0.156. The number of rotatable bonds is 7. The number of carbonyl (C=O) groups excluding carboxylic acids is 1. The smallest absolute Gasteiger partial charge is 0.334 e. The van der Waals surface area contributed by atoms with Gasteiger partial charge in [0.05, 0.1) is 34.8 Å². The Hall–Kier alpha value is -2.42. The Morgan fingerprint density at radius 2 is 1.93 bits per heavy atom. The summed E-state index contributed by atoms with van der Waals surface area (Å²) in [5, 5.41) is 0.245. The molecule has 1 unspecified atom stereocenters. The molecule has 9 heteroatoms. The molecule has 1 atom stereocenters. The number of pyridine rings is 1. The van der Waals surface area contributed by atoms with Crippen molar-refractivity contribution >= 4 is 38.6 Å². The van der Waals surface area contributed by atoms with Crippen molar-refractivity contribution in [2.75, 3.05) is 6.61 Å². The maximum atomic E-state index is 13.3. The number of fused-ring (bicyclic) bond motifs is 1. The van der Waals surface area contributed by atoms with E-state index in [0.717, 1.165) is 0 Å². The summed E-state index contributed by atoms with van der Waals surface area (Å²) in [6, 6.07) is 12.7. The van der Waals surface area contributed by atoms with Crippen molar-refractivity contribution in [3.05, 3.63) is 59.4 Å². The number of carbonyl (C=O) groups is 1. The number of hydrogen-bond acceptors (Lipinski definition) is 6. The Balaban J connectivity index is 2.05. The van der Waals surface area contributed by atoms with Crippen LogP contribution < -0.4 is 0 Å². The normalized spacial score (nSPS) is 12.8. The van der Waals surface area contributed by atoms with Crippen LogP contribution in [0, 0.1) is 0 Å². The van der Waals surface area contributed by atoms with Gasteiger partial charge in [-0.2, -0.15) is 0 Å². The minimum absolute atomic E-state index is 0.125. The molecule has 0 spiro atoms. The second kappa shape index (κ2) is 8.30. The van der Waals surface area contributed by atoms with Gasteiger partial charge in [0.15, 0.2) is 6.10 Å². The Labute approximate surface area is 167 Å². The number of ether oxygens (including phenoxy) is 2. The van der Waals surface area contributed by atoms with Gasteiger partial charge >= 0.3 is 5.97 Å². The summed E-state index contributed by atoms with van der Waals surface area (Å²) < 4.78 is 38.1. The predicted octanol–water partition coefficient (Wildman–Crippen LogP) is 3.39. The first-order valence-corrected chi connectivity index (χ1v) is 10.4. The van der Waals surface area contributed by atoms with Crippen LogP contribution in [0.1, 0.15) is 19.5 Å². The van der Waals surface area contributed by atoms with Crippen molar-refractivity contribution in [1.82, 2.24) is 8.96 Å². The number of esters is 1. The first-order chi connectivity index (χ1) is 13.3. The fourth-order valence-electron chi connectivity index (χ4n) is 2.71. The third kappa shape index (κ3) is 4.04. The predicted molar refractivity (Wildman–Crippen MR) is 105 cm³/mol. The molecule has 0 radical (unpaired) electrons. The SMILES string of the molecule is CCOC(=O)C(C)OCc1cc2nc(Cl)ccc2n1S(=O)(=O)c1ccccc1. The lowest BCUT2D eigenvalue weighted by Crippen LogP contribution is -2.24. The molecule has 2 heterocycles. The van der Waals surface area contributed by atoms with Gasteiger partial charge in [0.2, 0.25) is 0 Å². The molecule has 28 heavy (non-hydrogen) atoms. The molecule has 0 aliphatic heterocycles. The van der Waals surface area contributed by atoms with E-state index in [9.17, 15) is 13.2 Å². The van der Waals surface area contributed by atoms with E-state index in [1.807, 2.05) is 0 Å². The highest BCUT2D eigenvalue weighted by Gasteiger charge is 2.25. The van der Waals surface area contributed by atoms with Gasteiger partial charge in [0.1, 0.15) is 5.15 Å². The van der Waals surface area contributed by atoms with Gasteiger partial charge in [0, 0.05) is 0 Å². The van der Waals surface area contributed by atoms with E-state index in [2.05, 4.69) is 4.98 Å². The molecule has 7 nitrogen and oxygen atoms in total. The minimum atomic E-state index is -3.91. The van der Waals surface area contributed by atoms with Gasteiger partial charge in [-0.1, -0.05) is 29.8 Å². The van der Waals surface area contributed by atoms with E-state index < -0.39 is 22.1 Å². The van der Waals surface area contributed by atoms with Gasteiger partial charge in [-0.05, 0) is 44.2 Å². The van der Waals surface area contributed by atoms with Crippen molar-refractivity contribution in [3.63, 3.8) is 0 Å². The van der Waals surface area contributed by atoms with E-state index >= 15 is 0 Å². The Morgan fingerprint density at radius 1 is 1.21 bits per heavy atom. The summed E-state index contributed by atoms with van der Waals surface area (Å²) in [6.45, 7) is 3.35. The summed E-state index contributed by atoms with van der Waals surface area (Å²) in [4.78, 5) is 16.1. The maximum absolute atomic E-state index is 13.3. The van der Waals surface area contributed by atoms with E-state index in [-0.39, 0.29) is 23.3 Å². The summed E-state index contributed by atoms with van der Waals surface area (Å²) in [5.41, 5.74) is 1.11. The highest BCUT2D eigenvalue weighted by Crippen LogP contribution is 2.26. The van der Waals surface area contributed by atoms with Crippen LogP contribution in [-0.4, -0.2) is 36.1 Å². The van der Waals surface area contributed by atoms with Crippen LogP contribution in [0.4, 0.5) is 0 Å². The van der Waals surface area contributed by atoms with Crippen LogP contribution in [0.15, 0.2) is 53.4 Å². The highest BCUT2D eigenvalue weighted by atomic mass is 35.5. The molecule has 0 fully saturated rings. The largest absolute Gasteiger partial charge is 0.464 e. The van der Waals surface area contributed by atoms with Gasteiger partial charge in [-0.25, -0.2) is 22.2 Å². The van der Waals surface area contributed by atoms with Crippen LogP contribution in [0.3, 0.4) is 0 Å². The third-order valence-electron chi connectivity index (χ3n) is 4.03. The van der Waals surface area contributed by atoms with Gasteiger partial charge in [0.25, 0.3) is 10.0 Å². The highest BCUT2D eigenvalue weighted by molar-refractivity contribution is 7.90. The van der Waals surface area contributed by atoms with Crippen molar-refractivity contribution < 1.29 is 22.7 Å². The van der Waals surface area contributed by atoms with Crippen LogP contribution in [0.25, 0.3) is 11.0 Å². The molecule has 0 bridgehead atoms. The molecular weight excluding hydrogens is 404 g/mol. The summed E-state index contributed by atoms with van der Waals surface area (Å²) >= 11 is 5.95. The quantitative estimate of drug-likeness (QED) is 0.428. The van der Waals surface area contributed by atoms with Crippen molar-refractivity contribution in [3.8, 4) is 0 Å². The van der Waals surface area contributed by atoms with Crippen molar-refractivity contribution in [2.45, 2.75) is 31.5 Å². The van der Waals surface area contributed by atoms with Crippen molar-refractivity contribution in [1.29, 1.82) is 0 Å². The average Bonchev–Trinajstić information content (AvgIpc) is 3.05. The Kier molecular flexibility index (Phi) is 6.02. The molecule has 0 aliphatic rings. The zero-order valence-corrected chi connectivity index (χ0v) is 16.9. The molecule has 0 N–H and O–H groups in total. The fourth-order valence-corrected chi connectivity index (χ4v) is 4.41. The maximum Gasteiger partial charge on any atom is 0.334 e. The number of aromatic nitrogens is 2. The molecule has 1 aromatic carbocycles. The summed E-state index contributed by atoms with van der Waals surface area (Å²) in [6.07, 6.45) is -0.845. The van der Waals surface area contributed by atoms with Crippen LogP contribution in [0.5, 0.6) is 0 Å². The first-order valence-electron chi connectivity index (χ1n) is 8.60. The van der Waals surface area contributed by atoms with Gasteiger partial charge in [-0.15, -0.1) is 0 Å². The molecule has 2 aromatic heterocycles. The van der Waals surface area contributed by atoms with Crippen LogP contribution in [0.2, 0.25) is 5.15 Å². The van der Waals surface area contributed by atoms with Crippen LogP contribution >= 0.6 is 11.6 Å². The number of benzene rings is 1. The monoisotopic (exact) mass is 422 g/mol. The van der Waals surface area contributed by atoms with E-state index in [0.29, 0.717) is 16.7 Å². The number of hydrogen-bond donors (Lipinski definition) is 0. The van der Waals surface area contributed by atoms with E-state index in [1.54, 1.807) is 44.2 Å². The Bertz CT molecular complexity index is 1100. The molecule has 0 saturated heterocycles. The molecule has 3 aromatic rings. The van der Waals surface area contributed by atoms with Gasteiger partial charge in [-0.3, -0.25) is 0 Å². The zero-order chi connectivity index (χ0) is 20.3. The molecule has 148 valence electrons. The standard InChI is InChI=1S/C19H19ClN2O5S/c1-3-26-19(23)13(2)27-12-14-11-16-17(9-10-18(20)21-16)22(14)28(24,25)15-7-5-4-6-8-15/h4-11,13H,3,12H2,1-2H3. The average molecular weight is 423 g/mol. The van der Waals surface area contributed by atoms with Crippen molar-refractivity contribution in [2.24, 2.45) is 0 Å². The van der Waals surface area contributed by atoms with Gasteiger partial charge < -0.3 is 9.47 Å². The molecule has 3 rings (SSSR count). The molecule has 0 aliphatic carbocycles. The minimum Gasteiger partial charge on any atom is -0.464 e. The molecule has 0 amide bonds. The second-order valence-electron chi connectivity index (χ2n) is 5.96.